The van der Waals surface area contributed by atoms with Gasteiger partial charge < -0.3 is 50.2 Å². The number of carbonyl (C=O) groups excluding carboxylic acids is 1. The van der Waals surface area contributed by atoms with Crippen molar-refractivity contribution >= 4 is 5.91 Å². The summed E-state index contributed by atoms with van der Waals surface area (Å²) in [4.78, 5) is 12.6. The molecule has 1 amide bonds. The maximum Gasteiger partial charge on any atom is 0.297 e. The van der Waals surface area contributed by atoms with Gasteiger partial charge >= 0.3 is 0 Å². The van der Waals surface area contributed by atoms with Crippen molar-refractivity contribution in [3.05, 3.63) is 35.9 Å². The summed E-state index contributed by atoms with van der Waals surface area (Å²) in [7, 11) is 0. The zero-order valence-corrected chi connectivity index (χ0v) is 30.6. The lowest BCUT2D eigenvalue weighted by Gasteiger charge is -2.40. The quantitative estimate of drug-likeness (QED) is 0.0857. The molecule has 2 rings (SSSR count). The molecule has 1 aliphatic rings. The van der Waals surface area contributed by atoms with Gasteiger partial charge in [-0.05, 0) is 120 Å². The van der Waals surface area contributed by atoms with E-state index < -0.39 is 68.1 Å². The molecule has 1 aliphatic heterocycles. The van der Waals surface area contributed by atoms with Crippen LogP contribution >= 0.6 is 0 Å². The summed E-state index contributed by atoms with van der Waals surface area (Å²) < 4.78 is 16.3. The fraction of sp³-hybridized carbons (Fsp3) is 0.326. The van der Waals surface area contributed by atoms with Gasteiger partial charge in [0.2, 0.25) is 0 Å². The highest BCUT2D eigenvalue weighted by Crippen LogP contribution is 2.22. The van der Waals surface area contributed by atoms with Crippen LogP contribution in [0.2, 0.25) is 0 Å². The standard InChI is InChI=1S/C46H35NO10/c1-2-3-4-5-6-7-8-9-10-11-12-13-14-15-16-17-18-19-20-21-22-23-27-32-41(50)47-38(35-56-46-45(54)44(53)43(52)40(34-48)57-46)42(51)39(49)36-55-33-28-31-37-29-25-24-26-30-37/h24-26,29-30,38-40,42-46,48-49,51-54H,28,31,33-36H2,1H3,(H,47,50)/t38-,39+,40?,42-,43?,44?,45?,46?/m0/s1. The van der Waals surface area contributed by atoms with Gasteiger partial charge in [-0.2, -0.15) is 0 Å². The van der Waals surface area contributed by atoms with Gasteiger partial charge in [0.05, 0.1) is 25.9 Å². The Morgan fingerprint density at radius 1 is 0.702 bits per heavy atom. The number of hydrogen-bond acceptors (Lipinski definition) is 10. The Labute approximate surface area is 333 Å². The molecule has 0 aromatic heterocycles. The fourth-order valence-corrected chi connectivity index (χ4v) is 4.20. The van der Waals surface area contributed by atoms with E-state index in [1.165, 1.54) is 0 Å². The van der Waals surface area contributed by atoms with Crippen LogP contribution in [0.5, 0.6) is 0 Å². The summed E-state index contributed by atoms with van der Waals surface area (Å²) in [5.41, 5.74) is 1.12. The molecule has 1 saturated heterocycles. The van der Waals surface area contributed by atoms with E-state index in [-0.39, 0.29) is 13.2 Å². The second-order valence-electron chi connectivity index (χ2n) is 11.0. The number of nitrogens with one attached hydrogen (secondary N) is 1. The molecule has 11 heteroatoms. The molecule has 0 saturated carbocycles. The van der Waals surface area contributed by atoms with E-state index in [0.717, 1.165) is 12.0 Å². The number of amides is 1. The first kappa shape index (κ1) is 46.2. The highest BCUT2D eigenvalue weighted by Gasteiger charge is 2.44. The SMILES string of the molecule is CC#CC#CC#CC#CC#CC#CC#CC#CC#CC#CC#CC#CC(=O)N[C@@H](COC1OC(CO)C(O)C(O)C1O)[C@H](O)[C@H](O)COCCCc1ccccc1. The van der Waals surface area contributed by atoms with E-state index >= 15 is 0 Å². The van der Waals surface area contributed by atoms with E-state index in [9.17, 15) is 35.4 Å². The number of aryl methyl sites for hydroxylation is 1. The molecule has 7 N–H and O–H groups in total. The number of ether oxygens (including phenoxy) is 3. The second-order valence-corrected chi connectivity index (χ2v) is 11.0. The molecule has 1 aromatic carbocycles. The minimum absolute atomic E-state index is 0.285. The molecule has 8 atom stereocenters. The maximum atomic E-state index is 12.6. The Hall–Kier alpha value is -6.95. The molecule has 1 fully saturated rings. The van der Waals surface area contributed by atoms with Gasteiger partial charge in [-0.3, -0.25) is 4.79 Å². The number of benzene rings is 1. The molecule has 57 heavy (non-hydrogen) atoms. The van der Waals surface area contributed by atoms with Crippen molar-refractivity contribution in [2.24, 2.45) is 0 Å². The smallest absolute Gasteiger partial charge is 0.297 e. The van der Waals surface area contributed by atoms with Gasteiger partial charge in [0.15, 0.2) is 6.29 Å². The number of aliphatic hydroxyl groups excluding tert-OH is 6. The van der Waals surface area contributed by atoms with Gasteiger partial charge in [-0.25, -0.2) is 0 Å². The Morgan fingerprint density at radius 2 is 1.19 bits per heavy atom. The van der Waals surface area contributed by atoms with E-state index in [1.54, 1.807) is 6.92 Å². The molecule has 1 aromatic rings. The third-order valence-corrected chi connectivity index (χ3v) is 6.91. The number of carbonyl (C=O) groups is 1. The zero-order valence-electron chi connectivity index (χ0n) is 30.6. The van der Waals surface area contributed by atoms with Crippen LogP contribution in [0.4, 0.5) is 0 Å². The van der Waals surface area contributed by atoms with Crippen molar-refractivity contribution < 1.29 is 49.6 Å². The van der Waals surface area contributed by atoms with Crippen LogP contribution in [-0.4, -0.2) is 112 Å². The number of hydrogen-bond donors (Lipinski definition) is 7. The molecule has 1 heterocycles. The van der Waals surface area contributed by atoms with Crippen molar-refractivity contribution in [3.63, 3.8) is 0 Å². The van der Waals surface area contributed by atoms with E-state index in [1.807, 2.05) is 30.3 Å². The molecule has 0 aliphatic carbocycles. The average molecular weight is 762 g/mol. The fourth-order valence-electron chi connectivity index (χ4n) is 4.20. The topological polar surface area (TPSA) is 178 Å². The van der Waals surface area contributed by atoms with Gasteiger partial charge in [0, 0.05) is 48.0 Å². The summed E-state index contributed by atoms with van der Waals surface area (Å²) in [6, 6.07) is 8.39. The maximum absolute atomic E-state index is 12.6. The largest absolute Gasteiger partial charge is 0.394 e. The highest BCUT2D eigenvalue weighted by molar-refractivity contribution is 5.94. The molecule has 0 radical (unpaired) electrons. The Kier molecular flexibility index (Phi) is 23.8. The minimum atomic E-state index is -1.74. The van der Waals surface area contributed by atoms with Crippen molar-refractivity contribution in [2.75, 3.05) is 26.4 Å². The van der Waals surface area contributed by atoms with Crippen LogP contribution < -0.4 is 5.32 Å². The Balaban J connectivity index is 1.94. The molecule has 284 valence electrons. The summed E-state index contributed by atoms with van der Waals surface area (Å²) in [5.74, 6) is 58.0. The first-order valence-corrected chi connectivity index (χ1v) is 16.9. The van der Waals surface area contributed by atoms with Crippen molar-refractivity contribution in [1.82, 2.24) is 5.32 Å². The minimum Gasteiger partial charge on any atom is -0.394 e. The number of rotatable bonds is 13. The zero-order chi connectivity index (χ0) is 41.4. The highest BCUT2D eigenvalue weighted by atomic mass is 16.7. The van der Waals surface area contributed by atoms with Gasteiger partial charge in [0.1, 0.15) is 36.6 Å². The lowest BCUT2D eigenvalue weighted by atomic mass is 9.99. The van der Waals surface area contributed by atoms with Gasteiger partial charge in [-0.1, -0.05) is 36.3 Å². The predicted molar refractivity (Wildman–Crippen MR) is 208 cm³/mol. The van der Waals surface area contributed by atoms with E-state index in [2.05, 4.69) is 147 Å². The van der Waals surface area contributed by atoms with Crippen LogP contribution in [0.15, 0.2) is 30.3 Å². The predicted octanol–water partition coefficient (Wildman–Crippen LogP) is -2.28. The van der Waals surface area contributed by atoms with Gasteiger partial charge in [0.25, 0.3) is 5.91 Å². The lowest BCUT2D eigenvalue weighted by molar-refractivity contribution is -0.303. The van der Waals surface area contributed by atoms with Crippen molar-refractivity contribution in [3.8, 4) is 142 Å². The van der Waals surface area contributed by atoms with Crippen LogP contribution in [0.1, 0.15) is 18.9 Å². The third-order valence-electron chi connectivity index (χ3n) is 6.91. The molecule has 11 nitrogen and oxygen atoms in total. The summed E-state index contributed by atoms with van der Waals surface area (Å²) >= 11 is 0. The Bertz CT molecular complexity index is 2300. The van der Waals surface area contributed by atoms with Crippen LogP contribution in [0.25, 0.3) is 0 Å². The first-order valence-electron chi connectivity index (χ1n) is 16.9. The monoisotopic (exact) mass is 761 g/mol. The first-order chi connectivity index (χ1) is 27.8. The molecule has 0 bridgehead atoms. The van der Waals surface area contributed by atoms with Crippen LogP contribution in [0, 0.1) is 142 Å². The van der Waals surface area contributed by atoms with E-state index in [0.29, 0.717) is 6.42 Å². The molecular formula is C46H35NO10. The number of aliphatic hydroxyl groups is 6. The normalized spacial score (nSPS) is 18.0. The van der Waals surface area contributed by atoms with Crippen LogP contribution in [-0.2, 0) is 25.4 Å². The van der Waals surface area contributed by atoms with Crippen LogP contribution in [0.3, 0.4) is 0 Å². The lowest BCUT2D eigenvalue weighted by Crippen LogP contribution is -2.60. The van der Waals surface area contributed by atoms with Crippen molar-refractivity contribution in [1.29, 1.82) is 0 Å². The van der Waals surface area contributed by atoms with Gasteiger partial charge in [-0.15, -0.1) is 0 Å². The van der Waals surface area contributed by atoms with Crippen molar-refractivity contribution in [2.45, 2.75) is 68.7 Å². The average Bonchev–Trinajstić information content (AvgIpc) is 3.22. The molecule has 5 unspecified atom stereocenters. The summed E-state index contributed by atoms with van der Waals surface area (Å²) in [6.45, 7) is 0.417. The molecular weight excluding hydrogens is 727 g/mol. The second kappa shape index (κ2) is 29.4. The summed E-state index contributed by atoms with van der Waals surface area (Å²) in [5, 5.41) is 63.8. The summed E-state index contributed by atoms with van der Waals surface area (Å²) in [6.07, 6.45) is -9.64. The Morgan fingerprint density at radius 3 is 1.68 bits per heavy atom. The molecule has 0 spiro atoms. The third kappa shape index (κ3) is 20.3. The van der Waals surface area contributed by atoms with E-state index in [4.69, 9.17) is 14.2 Å².